The van der Waals surface area contributed by atoms with Gasteiger partial charge >= 0.3 is 0 Å². The third kappa shape index (κ3) is 4.63. The van der Waals surface area contributed by atoms with Gasteiger partial charge in [-0.15, -0.1) is 0 Å². The van der Waals surface area contributed by atoms with Crippen molar-refractivity contribution in [3.63, 3.8) is 0 Å². The van der Waals surface area contributed by atoms with E-state index < -0.39 is 0 Å². The average molecular weight is 186 g/mol. The molecule has 2 nitrogen and oxygen atoms in total. The molecule has 0 amide bonds. The highest BCUT2D eigenvalue weighted by atomic mass is 15.3. The second kappa shape index (κ2) is 6.39. The summed E-state index contributed by atoms with van der Waals surface area (Å²) >= 11 is 0. The van der Waals surface area contributed by atoms with Crippen molar-refractivity contribution in [2.75, 3.05) is 13.1 Å². The van der Waals surface area contributed by atoms with Gasteiger partial charge in [0.1, 0.15) is 0 Å². The molecule has 1 unspecified atom stereocenters. The standard InChI is InChI=1S/C11H26N2/c1-5-8-9-10-11(4,12)13(6-2)7-3/h5-10,12H2,1-4H3. The first-order chi connectivity index (χ1) is 6.08. The average Bonchev–Trinajstić information content (AvgIpc) is 2.06. The Morgan fingerprint density at radius 2 is 1.62 bits per heavy atom. The summed E-state index contributed by atoms with van der Waals surface area (Å²) in [6.07, 6.45) is 4.94. The first-order valence-electron chi connectivity index (χ1n) is 5.62. The van der Waals surface area contributed by atoms with E-state index in [0.717, 1.165) is 19.5 Å². The molecule has 13 heavy (non-hydrogen) atoms. The Bertz CT molecular complexity index is 117. The van der Waals surface area contributed by atoms with E-state index in [1.165, 1.54) is 19.3 Å². The van der Waals surface area contributed by atoms with Crippen molar-refractivity contribution in [3.8, 4) is 0 Å². The molecule has 0 aliphatic heterocycles. The molecular formula is C11H26N2. The van der Waals surface area contributed by atoms with Gasteiger partial charge in [-0.2, -0.15) is 0 Å². The minimum absolute atomic E-state index is 0.0985. The van der Waals surface area contributed by atoms with Crippen LogP contribution in [0.4, 0.5) is 0 Å². The molecule has 0 heterocycles. The normalized spacial score (nSPS) is 16.2. The Labute approximate surface area is 83.5 Å². The Hall–Kier alpha value is -0.0800. The lowest BCUT2D eigenvalue weighted by molar-refractivity contribution is 0.110. The molecule has 0 aliphatic rings. The van der Waals surface area contributed by atoms with Gasteiger partial charge < -0.3 is 5.73 Å². The van der Waals surface area contributed by atoms with E-state index >= 15 is 0 Å². The van der Waals surface area contributed by atoms with Crippen LogP contribution in [0.2, 0.25) is 0 Å². The summed E-state index contributed by atoms with van der Waals surface area (Å²) in [6.45, 7) is 10.8. The summed E-state index contributed by atoms with van der Waals surface area (Å²) in [6, 6.07) is 0. The zero-order chi connectivity index (χ0) is 10.3. The topological polar surface area (TPSA) is 29.3 Å². The number of hydrogen-bond donors (Lipinski definition) is 1. The minimum Gasteiger partial charge on any atom is -0.313 e. The summed E-state index contributed by atoms with van der Waals surface area (Å²) in [5.41, 5.74) is 6.15. The highest BCUT2D eigenvalue weighted by Gasteiger charge is 2.23. The maximum absolute atomic E-state index is 6.25. The monoisotopic (exact) mass is 186 g/mol. The van der Waals surface area contributed by atoms with Crippen LogP contribution in [-0.4, -0.2) is 23.7 Å². The van der Waals surface area contributed by atoms with Crippen molar-refractivity contribution >= 4 is 0 Å². The highest BCUT2D eigenvalue weighted by Crippen LogP contribution is 2.16. The van der Waals surface area contributed by atoms with E-state index in [4.69, 9.17) is 5.73 Å². The maximum Gasteiger partial charge on any atom is 0.0657 e. The molecule has 0 rings (SSSR count). The van der Waals surface area contributed by atoms with Gasteiger partial charge in [0.2, 0.25) is 0 Å². The second-order valence-corrected chi connectivity index (χ2v) is 3.99. The van der Waals surface area contributed by atoms with Crippen LogP contribution >= 0.6 is 0 Å². The van der Waals surface area contributed by atoms with Gasteiger partial charge in [0.15, 0.2) is 0 Å². The Morgan fingerprint density at radius 3 is 2.00 bits per heavy atom. The Kier molecular flexibility index (Phi) is 6.35. The van der Waals surface area contributed by atoms with Gasteiger partial charge in [-0.3, -0.25) is 4.90 Å². The predicted octanol–water partition coefficient (Wildman–Crippen LogP) is 2.58. The van der Waals surface area contributed by atoms with Crippen molar-refractivity contribution in [1.82, 2.24) is 4.90 Å². The number of nitrogens with zero attached hydrogens (tertiary/aromatic N) is 1. The van der Waals surface area contributed by atoms with E-state index in [2.05, 4.69) is 32.6 Å². The van der Waals surface area contributed by atoms with E-state index in [1.54, 1.807) is 0 Å². The number of hydrogen-bond acceptors (Lipinski definition) is 2. The molecule has 80 valence electrons. The first kappa shape index (κ1) is 12.9. The van der Waals surface area contributed by atoms with Crippen molar-refractivity contribution in [2.45, 2.75) is 59.0 Å². The second-order valence-electron chi connectivity index (χ2n) is 3.99. The third-order valence-corrected chi connectivity index (χ3v) is 2.77. The zero-order valence-electron chi connectivity index (χ0n) is 9.77. The van der Waals surface area contributed by atoms with Gasteiger partial charge in [-0.25, -0.2) is 0 Å². The summed E-state index contributed by atoms with van der Waals surface area (Å²) in [5, 5.41) is 0. The smallest absolute Gasteiger partial charge is 0.0657 e. The molecule has 0 fully saturated rings. The molecule has 1 atom stereocenters. The third-order valence-electron chi connectivity index (χ3n) is 2.77. The molecule has 0 spiro atoms. The first-order valence-corrected chi connectivity index (χ1v) is 5.62. The van der Waals surface area contributed by atoms with Crippen LogP contribution in [0, 0.1) is 0 Å². The van der Waals surface area contributed by atoms with Gasteiger partial charge in [0.05, 0.1) is 5.66 Å². The molecule has 0 aromatic rings. The molecule has 0 radical (unpaired) electrons. The van der Waals surface area contributed by atoms with Crippen LogP contribution in [0.25, 0.3) is 0 Å². The van der Waals surface area contributed by atoms with Gasteiger partial charge in [0, 0.05) is 0 Å². The predicted molar refractivity (Wildman–Crippen MR) is 59.7 cm³/mol. The van der Waals surface area contributed by atoms with Crippen LogP contribution in [0.1, 0.15) is 53.4 Å². The molecule has 2 heteroatoms. The Balaban J connectivity index is 3.88. The number of unbranched alkanes of at least 4 members (excludes halogenated alkanes) is 2. The van der Waals surface area contributed by atoms with Crippen molar-refractivity contribution in [3.05, 3.63) is 0 Å². The summed E-state index contributed by atoms with van der Waals surface area (Å²) in [4.78, 5) is 2.34. The fourth-order valence-electron chi connectivity index (χ4n) is 1.84. The van der Waals surface area contributed by atoms with Crippen LogP contribution in [0.3, 0.4) is 0 Å². The largest absolute Gasteiger partial charge is 0.313 e. The summed E-state index contributed by atoms with van der Waals surface area (Å²) < 4.78 is 0. The van der Waals surface area contributed by atoms with Crippen LogP contribution in [0.15, 0.2) is 0 Å². The van der Waals surface area contributed by atoms with Gasteiger partial charge in [0.25, 0.3) is 0 Å². The van der Waals surface area contributed by atoms with Crippen molar-refractivity contribution in [1.29, 1.82) is 0 Å². The zero-order valence-corrected chi connectivity index (χ0v) is 9.77. The van der Waals surface area contributed by atoms with Crippen molar-refractivity contribution < 1.29 is 0 Å². The number of nitrogens with two attached hydrogens (primary N) is 1. The lowest BCUT2D eigenvalue weighted by atomic mass is 10.0. The van der Waals surface area contributed by atoms with E-state index in [1.807, 2.05) is 0 Å². The molecule has 0 saturated heterocycles. The number of rotatable bonds is 7. The molecular weight excluding hydrogens is 160 g/mol. The van der Waals surface area contributed by atoms with Crippen LogP contribution in [0.5, 0.6) is 0 Å². The minimum atomic E-state index is -0.0985. The van der Waals surface area contributed by atoms with E-state index in [-0.39, 0.29) is 5.66 Å². The molecule has 0 aliphatic carbocycles. The Morgan fingerprint density at radius 1 is 1.08 bits per heavy atom. The SMILES string of the molecule is CCCCCC(C)(N)N(CC)CC. The van der Waals surface area contributed by atoms with E-state index in [0.29, 0.717) is 0 Å². The highest BCUT2D eigenvalue weighted by molar-refractivity contribution is 4.78. The fraction of sp³-hybridized carbons (Fsp3) is 1.00. The summed E-state index contributed by atoms with van der Waals surface area (Å²) in [5.74, 6) is 0. The summed E-state index contributed by atoms with van der Waals surface area (Å²) in [7, 11) is 0. The fourth-order valence-corrected chi connectivity index (χ4v) is 1.84. The maximum atomic E-state index is 6.25. The molecule has 0 aromatic heterocycles. The van der Waals surface area contributed by atoms with Crippen molar-refractivity contribution in [2.24, 2.45) is 5.73 Å². The molecule has 0 aromatic carbocycles. The van der Waals surface area contributed by atoms with Gasteiger partial charge in [-0.1, -0.05) is 40.0 Å². The molecule has 0 saturated carbocycles. The van der Waals surface area contributed by atoms with Crippen LogP contribution < -0.4 is 5.73 Å². The van der Waals surface area contributed by atoms with Crippen LogP contribution in [-0.2, 0) is 0 Å². The van der Waals surface area contributed by atoms with E-state index in [9.17, 15) is 0 Å². The molecule has 2 N–H and O–H groups in total. The lowest BCUT2D eigenvalue weighted by Crippen LogP contribution is -2.53. The quantitative estimate of drug-likeness (QED) is 0.489. The molecule has 0 bridgehead atoms. The van der Waals surface area contributed by atoms with Gasteiger partial charge in [-0.05, 0) is 26.4 Å². The lowest BCUT2D eigenvalue weighted by Gasteiger charge is -2.37.